The van der Waals surface area contributed by atoms with Crippen molar-refractivity contribution in [1.82, 2.24) is 19.6 Å². The molecule has 1 aliphatic rings. The lowest BCUT2D eigenvalue weighted by Crippen LogP contribution is -2.38. The Morgan fingerprint density at radius 1 is 1.28 bits per heavy atom. The first-order valence-electron chi connectivity index (χ1n) is 6.16. The molecule has 5 nitrogen and oxygen atoms in total. The summed E-state index contributed by atoms with van der Waals surface area (Å²) in [6.45, 7) is 6.73. The Labute approximate surface area is 114 Å². The van der Waals surface area contributed by atoms with E-state index in [0.717, 1.165) is 29.2 Å². The van der Waals surface area contributed by atoms with Gasteiger partial charge >= 0.3 is 0 Å². The molecule has 18 heavy (non-hydrogen) atoms. The van der Waals surface area contributed by atoms with Gasteiger partial charge in [0.15, 0.2) is 5.65 Å². The van der Waals surface area contributed by atoms with Crippen LogP contribution in [0.25, 0.3) is 5.65 Å². The Morgan fingerprint density at radius 3 is 2.72 bits per heavy atom. The highest BCUT2D eigenvalue weighted by molar-refractivity contribution is 9.10. The van der Waals surface area contributed by atoms with Crippen molar-refractivity contribution in [3.63, 3.8) is 0 Å². The van der Waals surface area contributed by atoms with Gasteiger partial charge in [0.25, 0.3) is 0 Å². The SMILES string of the molecule is CC1(C)CCN(c2ncc(Br)c3nncn23)CC1. The Hall–Kier alpha value is -1.17. The first-order chi connectivity index (χ1) is 8.57. The largest absolute Gasteiger partial charge is 0.342 e. The van der Waals surface area contributed by atoms with Crippen LogP contribution in [0.2, 0.25) is 0 Å². The van der Waals surface area contributed by atoms with Crippen LogP contribution in [0.5, 0.6) is 0 Å². The first-order valence-corrected chi connectivity index (χ1v) is 6.95. The van der Waals surface area contributed by atoms with Gasteiger partial charge in [0.05, 0.1) is 4.47 Å². The molecule has 0 bridgehead atoms. The Morgan fingerprint density at radius 2 is 2.00 bits per heavy atom. The molecule has 6 heteroatoms. The predicted molar refractivity (Wildman–Crippen MR) is 73.7 cm³/mol. The second-order valence-electron chi connectivity index (χ2n) is 5.58. The van der Waals surface area contributed by atoms with Gasteiger partial charge in [0.2, 0.25) is 5.95 Å². The molecule has 0 saturated carbocycles. The zero-order valence-corrected chi connectivity index (χ0v) is 12.2. The number of anilines is 1. The minimum Gasteiger partial charge on any atom is -0.342 e. The number of fused-ring (bicyclic) bond motifs is 1. The molecule has 0 atom stereocenters. The molecule has 3 heterocycles. The van der Waals surface area contributed by atoms with Gasteiger partial charge in [-0.15, -0.1) is 10.2 Å². The van der Waals surface area contributed by atoms with Crippen LogP contribution in [0.4, 0.5) is 5.95 Å². The molecule has 3 rings (SSSR count). The molecule has 1 aliphatic heterocycles. The van der Waals surface area contributed by atoms with E-state index in [0.29, 0.717) is 5.41 Å². The quantitative estimate of drug-likeness (QED) is 0.812. The molecule has 0 amide bonds. The number of halogens is 1. The zero-order valence-electron chi connectivity index (χ0n) is 10.6. The minimum absolute atomic E-state index is 0.443. The highest BCUT2D eigenvalue weighted by atomic mass is 79.9. The van der Waals surface area contributed by atoms with E-state index in [-0.39, 0.29) is 0 Å². The summed E-state index contributed by atoms with van der Waals surface area (Å²) < 4.78 is 2.82. The average molecular weight is 310 g/mol. The monoisotopic (exact) mass is 309 g/mol. The van der Waals surface area contributed by atoms with Crippen molar-refractivity contribution in [2.75, 3.05) is 18.0 Å². The third kappa shape index (κ3) is 1.98. The van der Waals surface area contributed by atoms with Gasteiger partial charge in [-0.1, -0.05) is 13.8 Å². The molecule has 0 unspecified atom stereocenters. The van der Waals surface area contributed by atoms with Crippen LogP contribution in [-0.2, 0) is 0 Å². The Bertz CT molecular complexity index is 567. The van der Waals surface area contributed by atoms with Crippen molar-refractivity contribution in [1.29, 1.82) is 0 Å². The van der Waals surface area contributed by atoms with E-state index in [1.54, 1.807) is 12.5 Å². The van der Waals surface area contributed by atoms with Crippen molar-refractivity contribution in [2.45, 2.75) is 26.7 Å². The normalized spacial score (nSPS) is 19.4. The molecular weight excluding hydrogens is 294 g/mol. The molecule has 0 radical (unpaired) electrons. The maximum atomic E-state index is 4.51. The Balaban J connectivity index is 1.96. The molecule has 0 N–H and O–H groups in total. The van der Waals surface area contributed by atoms with Gasteiger partial charge in [-0.05, 0) is 34.2 Å². The van der Waals surface area contributed by atoms with Crippen LogP contribution >= 0.6 is 15.9 Å². The lowest BCUT2D eigenvalue weighted by atomic mass is 9.83. The molecular formula is C12H16BrN5. The first kappa shape index (κ1) is 11.9. The number of hydrogen-bond acceptors (Lipinski definition) is 4. The van der Waals surface area contributed by atoms with Crippen LogP contribution in [0.3, 0.4) is 0 Å². The van der Waals surface area contributed by atoms with Crippen LogP contribution in [-0.4, -0.2) is 32.7 Å². The third-order valence-electron chi connectivity index (χ3n) is 3.67. The van der Waals surface area contributed by atoms with Gasteiger partial charge in [0.1, 0.15) is 6.33 Å². The minimum atomic E-state index is 0.443. The smallest absolute Gasteiger partial charge is 0.212 e. The standard InChI is InChI=1S/C12H16BrN5/c1-12(2)3-5-17(6-4-12)11-14-7-9(13)10-16-15-8-18(10)11/h7-8H,3-6H2,1-2H3. The fraction of sp³-hybridized carbons (Fsp3) is 0.583. The maximum Gasteiger partial charge on any atom is 0.212 e. The second kappa shape index (κ2) is 4.19. The molecule has 96 valence electrons. The summed E-state index contributed by atoms with van der Waals surface area (Å²) in [6, 6.07) is 0. The van der Waals surface area contributed by atoms with Crippen molar-refractivity contribution < 1.29 is 0 Å². The molecule has 2 aromatic rings. The van der Waals surface area contributed by atoms with Gasteiger partial charge in [-0.25, -0.2) is 9.38 Å². The number of aromatic nitrogens is 4. The maximum absolute atomic E-state index is 4.51. The molecule has 1 saturated heterocycles. The van der Waals surface area contributed by atoms with Crippen molar-refractivity contribution >= 4 is 27.5 Å². The van der Waals surface area contributed by atoms with E-state index in [4.69, 9.17) is 0 Å². The number of hydrogen-bond donors (Lipinski definition) is 0. The lowest BCUT2D eigenvalue weighted by molar-refractivity contribution is 0.278. The van der Waals surface area contributed by atoms with E-state index in [2.05, 4.69) is 49.9 Å². The van der Waals surface area contributed by atoms with Crippen LogP contribution in [0, 0.1) is 5.41 Å². The van der Waals surface area contributed by atoms with Gasteiger partial charge < -0.3 is 4.90 Å². The van der Waals surface area contributed by atoms with Crippen LogP contribution in [0.1, 0.15) is 26.7 Å². The van der Waals surface area contributed by atoms with Crippen molar-refractivity contribution in [3.8, 4) is 0 Å². The number of piperidine rings is 1. The molecule has 0 aliphatic carbocycles. The van der Waals surface area contributed by atoms with E-state index >= 15 is 0 Å². The fourth-order valence-electron chi connectivity index (χ4n) is 2.32. The summed E-state index contributed by atoms with van der Waals surface area (Å²) in [5.41, 5.74) is 1.27. The average Bonchev–Trinajstić information content (AvgIpc) is 2.80. The third-order valence-corrected chi connectivity index (χ3v) is 4.23. The summed E-state index contributed by atoms with van der Waals surface area (Å²) in [5.74, 6) is 0.939. The number of rotatable bonds is 1. The number of nitrogens with zero attached hydrogens (tertiary/aromatic N) is 5. The summed E-state index contributed by atoms with van der Waals surface area (Å²) >= 11 is 3.45. The second-order valence-corrected chi connectivity index (χ2v) is 6.44. The van der Waals surface area contributed by atoms with Gasteiger partial charge in [0, 0.05) is 19.3 Å². The van der Waals surface area contributed by atoms with Crippen LogP contribution < -0.4 is 4.90 Å². The summed E-state index contributed by atoms with van der Waals surface area (Å²) in [4.78, 5) is 6.83. The molecule has 1 fully saturated rings. The van der Waals surface area contributed by atoms with Gasteiger partial charge in [-0.3, -0.25) is 0 Å². The highest BCUT2D eigenvalue weighted by Crippen LogP contribution is 2.32. The Kier molecular flexibility index (Phi) is 2.77. The lowest BCUT2D eigenvalue weighted by Gasteiger charge is -2.37. The summed E-state index contributed by atoms with van der Waals surface area (Å²) in [5, 5.41) is 8.06. The summed E-state index contributed by atoms with van der Waals surface area (Å²) in [6.07, 6.45) is 5.91. The molecule has 2 aromatic heterocycles. The topological polar surface area (TPSA) is 46.3 Å². The zero-order chi connectivity index (χ0) is 12.8. The van der Waals surface area contributed by atoms with Crippen molar-refractivity contribution in [3.05, 3.63) is 17.0 Å². The van der Waals surface area contributed by atoms with E-state index in [1.807, 2.05) is 4.40 Å². The molecule has 0 spiro atoms. The van der Waals surface area contributed by atoms with Crippen molar-refractivity contribution in [2.24, 2.45) is 5.41 Å². The van der Waals surface area contributed by atoms with E-state index < -0.39 is 0 Å². The van der Waals surface area contributed by atoms with E-state index in [1.165, 1.54) is 12.8 Å². The van der Waals surface area contributed by atoms with Gasteiger partial charge in [-0.2, -0.15) is 0 Å². The molecule has 0 aromatic carbocycles. The van der Waals surface area contributed by atoms with E-state index in [9.17, 15) is 0 Å². The van der Waals surface area contributed by atoms with Crippen LogP contribution in [0.15, 0.2) is 17.0 Å². The summed E-state index contributed by atoms with van der Waals surface area (Å²) in [7, 11) is 0. The highest BCUT2D eigenvalue weighted by Gasteiger charge is 2.27. The predicted octanol–water partition coefficient (Wildman–Crippen LogP) is 2.51. The fourth-order valence-corrected chi connectivity index (χ4v) is 2.70.